The largest absolute Gasteiger partial charge is 0.359 e. The molecule has 2 heterocycles. The first kappa shape index (κ1) is 13.2. The van der Waals surface area contributed by atoms with Crippen LogP contribution < -0.4 is 5.32 Å². The van der Waals surface area contributed by atoms with E-state index in [9.17, 15) is 0 Å². The Morgan fingerprint density at radius 3 is 2.73 bits per heavy atom. The Balaban J connectivity index is 0.00000112. The van der Waals surface area contributed by atoms with E-state index in [0.717, 1.165) is 6.61 Å². The molecule has 0 saturated carbocycles. The molecule has 0 amide bonds. The Kier molecular flexibility index (Phi) is 4.41. The van der Waals surface area contributed by atoms with Crippen LogP contribution in [0.25, 0.3) is 0 Å². The number of rotatable bonds is 2. The lowest BCUT2D eigenvalue weighted by atomic mass is 9.96. The lowest BCUT2D eigenvalue weighted by molar-refractivity contribution is -0.0394. The van der Waals surface area contributed by atoms with Crippen molar-refractivity contribution in [2.45, 2.75) is 39.0 Å². The lowest BCUT2D eigenvalue weighted by Gasteiger charge is -2.31. The van der Waals surface area contributed by atoms with Crippen molar-refractivity contribution in [2.24, 2.45) is 5.92 Å². The van der Waals surface area contributed by atoms with Gasteiger partial charge in [0, 0.05) is 18.5 Å². The Morgan fingerprint density at radius 1 is 1.53 bits per heavy atom. The molecule has 2 aliphatic heterocycles. The Bertz CT molecular complexity index is 215. The molecule has 4 heteroatoms. The molecular weight excluding hydrogens is 212 g/mol. The van der Waals surface area contributed by atoms with E-state index in [1.807, 2.05) is 0 Å². The van der Waals surface area contributed by atoms with E-state index in [-0.39, 0.29) is 18.1 Å². The van der Waals surface area contributed by atoms with Crippen molar-refractivity contribution in [3.8, 4) is 0 Å². The number of hydrogen-bond acceptors (Lipinski definition) is 3. The van der Waals surface area contributed by atoms with Crippen molar-refractivity contribution in [3.05, 3.63) is 0 Å². The highest BCUT2D eigenvalue weighted by molar-refractivity contribution is 5.85. The van der Waals surface area contributed by atoms with Gasteiger partial charge < -0.3 is 9.64 Å². The summed E-state index contributed by atoms with van der Waals surface area (Å²) in [6.45, 7) is 11.1. The summed E-state index contributed by atoms with van der Waals surface area (Å²) < 4.78 is 5.89. The van der Waals surface area contributed by atoms with E-state index in [0.29, 0.717) is 12.0 Å². The molecule has 2 rings (SSSR count). The van der Waals surface area contributed by atoms with Crippen molar-refractivity contribution in [3.63, 3.8) is 0 Å². The maximum absolute atomic E-state index is 5.89. The van der Waals surface area contributed by atoms with Gasteiger partial charge in [0.1, 0.15) is 5.72 Å². The molecular formula is C11H23ClN2O. The molecule has 2 saturated heterocycles. The van der Waals surface area contributed by atoms with Crippen LogP contribution >= 0.6 is 12.4 Å². The first-order valence-corrected chi connectivity index (χ1v) is 5.78. The summed E-state index contributed by atoms with van der Waals surface area (Å²) >= 11 is 0. The molecule has 0 aromatic rings. The first-order valence-electron chi connectivity index (χ1n) is 5.78. The Morgan fingerprint density at radius 2 is 2.27 bits per heavy atom. The second-order valence-corrected chi connectivity index (χ2v) is 4.84. The van der Waals surface area contributed by atoms with Crippen LogP contribution in [0.2, 0.25) is 0 Å². The molecule has 3 nitrogen and oxygen atoms in total. The lowest BCUT2D eigenvalue weighted by Crippen LogP contribution is -2.48. The summed E-state index contributed by atoms with van der Waals surface area (Å²) in [6, 6.07) is 0.510. The average Bonchev–Trinajstić information content (AvgIpc) is 2.73. The summed E-state index contributed by atoms with van der Waals surface area (Å²) in [7, 11) is 0. The molecule has 3 unspecified atom stereocenters. The van der Waals surface area contributed by atoms with Crippen molar-refractivity contribution in [1.82, 2.24) is 10.2 Å². The zero-order valence-corrected chi connectivity index (χ0v) is 10.8. The van der Waals surface area contributed by atoms with Gasteiger partial charge in [0.2, 0.25) is 0 Å². The number of halogens is 1. The monoisotopic (exact) mass is 234 g/mol. The van der Waals surface area contributed by atoms with E-state index < -0.39 is 0 Å². The van der Waals surface area contributed by atoms with E-state index in [2.05, 4.69) is 31.0 Å². The van der Waals surface area contributed by atoms with Crippen molar-refractivity contribution in [1.29, 1.82) is 0 Å². The van der Waals surface area contributed by atoms with E-state index in [4.69, 9.17) is 4.74 Å². The second-order valence-electron chi connectivity index (χ2n) is 4.84. The highest BCUT2D eigenvalue weighted by Crippen LogP contribution is 2.31. The zero-order valence-electron chi connectivity index (χ0n) is 9.95. The molecule has 0 aliphatic carbocycles. The molecule has 0 aromatic carbocycles. The average molecular weight is 235 g/mol. The zero-order chi connectivity index (χ0) is 10.2. The van der Waals surface area contributed by atoms with Crippen LogP contribution in [0.5, 0.6) is 0 Å². The normalized spacial score (nSPS) is 41.8. The Labute approximate surface area is 99.0 Å². The van der Waals surface area contributed by atoms with Gasteiger partial charge in [-0.2, -0.15) is 0 Å². The number of nitrogens with one attached hydrogen (secondary N) is 1. The topological polar surface area (TPSA) is 24.5 Å². The molecule has 15 heavy (non-hydrogen) atoms. The van der Waals surface area contributed by atoms with Gasteiger partial charge in [-0.25, -0.2) is 0 Å². The maximum atomic E-state index is 5.89. The molecule has 3 atom stereocenters. The van der Waals surface area contributed by atoms with Gasteiger partial charge in [0.05, 0.1) is 6.61 Å². The van der Waals surface area contributed by atoms with Crippen LogP contribution in [0.15, 0.2) is 0 Å². The highest BCUT2D eigenvalue weighted by atomic mass is 35.5. The number of nitrogens with zero attached hydrogens (tertiary/aromatic N) is 1. The summed E-state index contributed by atoms with van der Waals surface area (Å²) in [4.78, 5) is 2.50. The van der Waals surface area contributed by atoms with Crippen molar-refractivity contribution < 1.29 is 4.74 Å². The van der Waals surface area contributed by atoms with Crippen LogP contribution in [0.1, 0.15) is 27.2 Å². The minimum Gasteiger partial charge on any atom is -0.359 e. The summed E-state index contributed by atoms with van der Waals surface area (Å²) in [5.41, 5.74) is -0.0661. The van der Waals surface area contributed by atoms with Crippen molar-refractivity contribution >= 4 is 12.4 Å². The molecule has 0 aromatic heterocycles. The highest BCUT2D eigenvalue weighted by Gasteiger charge is 2.43. The van der Waals surface area contributed by atoms with Gasteiger partial charge >= 0.3 is 0 Å². The molecule has 2 fully saturated rings. The van der Waals surface area contributed by atoms with Gasteiger partial charge in [-0.1, -0.05) is 6.92 Å². The van der Waals surface area contributed by atoms with E-state index >= 15 is 0 Å². The summed E-state index contributed by atoms with van der Waals surface area (Å²) in [5.74, 6) is 0.660. The maximum Gasteiger partial charge on any atom is 0.120 e. The third-order valence-corrected chi connectivity index (χ3v) is 3.66. The minimum absolute atomic E-state index is 0. The molecule has 2 aliphatic rings. The fourth-order valence-corrected chi connectivity index (χ4v) is 2.68. The van der Waals surface area contributed by atoms with Crippen molar-refractivity contribution in [2.75, 3.05) is 26.2 Å². The predicted molar refractivity (Wildman–Crippen MR) is 64.4 cm³/mol. The van der Waals surface area contributed by atoms with Crippen LogP contribution in [0.4, 0.5) is 0 Å². The molecule has 0 spiro atoms. The molecule has 0 radical (unpaired) electrons. The van der Waals surface area contributed by atoms with Gasteiger partial charge in [-0.3, -0.25) is 5.32 Å². The van der Waals surface area contributed by atoms with Crippen LogP contribution in [0.3, 0.4) is 0 Å². The molecule has 1 N–H and O–H groups in total. The first-order chi connectivity index (χ1) is 6.64. The fraction of sp³-hybridized carbons (Fsp3) is 1.00. The SMILES string of the molecule is CCN1CCC(C2(C)NC(C)CO2)C1.Cl. The third kappa shape index (κ3) is 2.64. The van der Waals surface area contributed by atoms with Gasteiger partial charge in [-0.05, 0) is 33.4 Å². The smallest absolute Gasteiger partial charge is 0.120 e. The van der Waals surface area contributed by atoms with Gasteiger partial charge in [0.25, 0.3) is 0 Å². The molecule has 90 valence electrons. The van der Waals surface area contributed by atoms with Gasteiger partial charge in [0.15, 0.2) is 0 Å². The van der Waals surface area contributed by atoms with Gasteiger partial charge in [-0.15, -0.1) is 12.4 Å². The minimum atomic E-state index is -0.0661. The Hall–Kier alpha value is 0.170. The number of ether oxygens (including phenoxy) is 1. The predicted octanol–water partition coefficient (Wildman–Crippen LogP) is 1.47. The molecule has 0 bridgehead atoms. The fourth-order valence-electron chi connectivity index (χ4n) is 2.68. The number of hydrogen-bond donors (Lipinski definition) is 1. The third-order valence-electron chi connectivity index (χ3n) is 3.66. The van der Waals surface area contributed by atoms with Crippen LogP contribution in [-0.4, -0.2) is 42.9 Å². The van der Waals surface area contributed by atoms with E-state index in [1.165, 1.54) is 26.1 Å². The standard InChI is InChI=1S/C11H22N2O.ClH/c1-4-13-6-5-10(7-13)11(3)12-9(2)8-14-11;/h9-10,12H,4-8H2,1-3H3;1H. The van der Waals surface area contributed by atoms with Crippen LogP contribution in [-0.2, 0) is 4.74 Å². The number of likely N-dealkylation sites (tertiary alicyclic amines) is 1. The quantitative estimate of drug-likeness (QED) is 0.784. The van der Waals surface area contributed by atoms with E-state index in [1.54, 1.807) is 0 Å². The van der Waals surface area contributed by atoms with Crippen LogP contribution in [0, 0.1) is 5.92 Å². The summed E-state index contributed by atoms with van der Waals surface area (Å²) in [6.07, 6.45) is 1.27. The summed E-state index contributed by atoms with van der Waals surface area (Å²) in [5, 5.41) is 3.57. The second kappa shape index (κ2) is 5.00.